The first kappa shape index (κ1) is 16.7. The van der Waals surface area contributed by atoms with E-state index in [1.54, 1.807) is 11.8 Å². The van der Waals surface area contributed by atoms with E-state index in [-0.39, 0.29) is 18.3 Å². The van der Waals surface area contributed by atoms with Crippen LogP contribution in [0.2, 0.25) is 0 Å². The minimum Gasteiger partial charge on any atom is -0.401 e. The Morgan fingerprint density at radius 1 is 1.29 bits per heavy atom. The van der Waals surface area contributed by atoms with Gasteiger partial charge in [-0.2, -0.15) is 0 Å². The number of anilines is 1. The maximum atomic E-state index is 12.1. The number of aryl methyl sites for hydroxylation is 1. The first-order valence-corrected chi connectivity index (χ1v) is 9.28. The SMILES string of the molecule is CCSc1ccc(CC(=O)Nc2nnc(-c3csc(C)n3)o2)cc1. The zero-order valence-corrected chi connectivity index (χ0v) is 14.9. The molecule has 3 rings (SSSR count). The zero-order valence-electron chi connectivity index (χ0n) is 13.3. The van der Waals surface area contributed by atoms with E-state index in [1.165, 1.54) is 16.2 Å². The van der Waals surface area contributed by atoms with E-state index in [4.69, 9.17) is 4.42 Å². The number of amides is 1. The van der Waals surface area contributed by atoms with Crippen molar-refractivity contribution in [2.24, 2.45) is 0 Å². The number of nitrogens with one attached hydrogen (secondary N) is 1. The van der Waals surface area contributed by atoms with Crippen LogP contribution < -0.4 is 5.32 Å². The van der Waals surface area contributed by atoms with E-state index in [0.29, 0.717) is 11.6 Å². The first-order chi connectivity index (χ1) is 11.6. The third-order valence-corrected chi connectivity index (χ3v) is 4.78. The van der Waals surface area contributed by atoms with Crippen LogP contribution in [0.1, 0.15) is 17.5 Å². The van der Waals surface area contributed by atoms with Crippen LogP contribution >= 0.6 is 23.1 Å². The normalized spacial score (nSPS) is 10.8. The van der Waals surface area contributed by atoms with Gasteiger partial charge in [-0.05, 0) is 30.4 Å². The van der Waals surface area contributed by atoms with E-state index < -0.39 is 0 Å². The predicted molar refractivity (Wildman–Crippen MR) is 95.3 cm³/mol. The van der Waals surface area contributed by atoms with Crippen LogP contribution in [0.15, 0.2) is 39.0 Å². The lowest BCUT2D eigenvalue weighted by atomic mass is 10.1. The molecule has 0 bridgehead atoms. The highest BCUT2D eigenvalue weighted by Crippen LogP contribution is 2.22. The molecule has 0 aliphatic heterocycles. The van der Waals surface area contributed by atoms with Crippen molar-refractivity contribution < 1.29 is 9.21 Å². The largest absolute Gasteiger partial charge is 0.401 e. The molecule has 24 heavy (non-hydrogen) atoms. The number of thiazole rings is 1. The zero-order chi connectivity index (χ0) is 16.9. The van der Waals surface area contributed by atoms with E-state index in [1.807, 2.05) is 36.6 Å². The molecule has 1 amide bonds. The topological polar surface area (TPSA) is 80.9 Å². The van der Waals surface area contributed by atoms with E-state index >= 15 is 0 Å². The van der Waals surface area contributed by atoms with Gasteiger partial charge in [-0.25, -0.2) is 4.98 Å². The van der Waals surface area contributed by atoms with Crippen LogP contribution in [0.25, 0.3) is 11.6 Å². The summed E-state index contributed by atoms with van der Waals surface area (Å²) < 4.78 is 5.43. The summed E-state index contributed by atoms with van der Waals surface area (Å²) in [7, 11) is 0. The van der Waals surface area contributed by atoms with Gasteiger partial charge in [0, 0.05) is 10.3 Å². The molecule has 1 aromatic carbocycles. The Balaban J connectivity index is 1.59. The van der Waals surface area contributed by atoms with Crippen molar-refractivity contribution in [2.45, 2.75) is 25.2 Å². The van der Waals surface area contributed by atoms with Crippen LogP contribution in [-0.4, -0.2) is 26.8 Å². The van der Waals surface area contributed by atoms with E-state index in [0.717, 1.165) is 16.3 Å². The average molecular weight is 360 g/mol. The number of hydrogen-bond acceptors (Lipinski definition) is 7. The summed E-state index contributed by atoms with van der Waals surface area (Å²) in [6, 6.07) is 8.03. The molecule has 0 spiro atoms. The fraction of sp³-hybridized carbons (Fsp3) is 0.250. The molecule has 6 nitrogen and oxygen atoms in total. The molecule has 2 aromatic heterocycles. The van der Waals surface area contributed by atoms with Crippen molar-refractivity contribution in [1.29, 1.82) is 0 Å². The molecule has 8 heteroatoms. The molecule has 0 saturated carbocycles. The maximum Gasteiger partial charge on any atom is 0.322 e. The molecule has 3 aromatic rings. The number of carbonyl (C=O) groups is 1. The fourth-order valence-corrected chi connectivity index (χ4v) is 3.31. The fourth-order valence-electron chi connectivity index (χ4n) is 2.06. The molecule has 0 aliphatic carbocycles. The van der Waals surface area contributed by atoms with Gasteiger partial charge in [-0.3, -0.25) is 10.1 Å². The Morgan fingerprint density at radius 2 is 2.08 bits per heavy atom. The minimum absolute atomic E-state index is 0.0822. The molecule has 2 heterocycles. The second-order valence-electron chi connectivity index (χ2n) is 4.97. The second-order valence-corrected chi connectivity index (χ2v) is 7.37. The monoisotopic (exact) mass is 360 g/mol. The Kier molecular flexibility index (Phi) is 5.27. The van der Waals surface area contributed by atoms with Gasteiger partial charge in [0.1, 0.15) is 5.69 Å². The van der Waals surface area contributed by atoms with Crippen molar-refractivity contribution >= 4 is 35.0 Å². The molecule has 0 fully saturated rings. The van der Waals surface area contributed by atoms with E-state index in [2.05, 4.69) is 27.4 Å². The summed E-state index contributed by atoms with van der Waals surface area (Å²) in [6.07, 6.45) is 0.255. The van der Waals surface area contributed by atoms with E-state index in [9.17, 15) is 4.79 Å². The van der Waals surface area contributed by atoms with Gasteiger partial charge in [0.2, 0.25) is 5.91 Å². The molecule has 124 valence electrons. The highest BCUT2D eigenvalue weighted by atomic mass is 32.2. The maximum absolute atomic E-state index is 12.1. The summed E-state index contributed by atoms with van der Waals surface area (Å²) >= 11 is 3.27. The smallest absolute Gasteiger partial charge is 0.322 e. The van der Waals surface area contributed by atoms with Crippen molar-refractivity contribution in [3.63, 3.8) is 0 Å². The Bertz CT molecular complexity index is 827. The van der Waals surface area contributed by atoms with Gasteiger partial charge >= 0.3 is 6.01 Å². The van der Waals surface area contributed by atoms with Gasteiger partial charge in [0.15, 0.2) is 0 Å². The molecule has 0 radical (unpaired) electrons. The Morgan fingerprint density at radius 3 is 2.75 bits per heavy atom. The molecular formula is C16H16N4O2S2. The molecular weight excluding hydrogens is 344 g/mol. The quantitative estimate of drug-likeness (QED) is 0.674. The predicted octanol–water partition coefficient (Wildman–Crippen LogP) is 3.79. The van der Waals surface area contributed by atoms with Gasteiger partial charge in [0.25, 0.3) is 5.89 Å². The number of carbonyl (C=O) groups excluding carboxylic acids is 1. The number of benzene rings is 1. The first-order valence-electron chi connectivity index (χ1n) is 7.41. The van der Waals surface area contributed by atoms with Gasteiger partial charge in [0.05, 0.1) is 11.4 Å². The lowest BCUT2D eigenvalue weighted by molar-refractivity contribution is -0.115. The summed E-state index contributed by atoms with van der Waals surface area (Å²) in [5, 5.41) is 13.1. The summed E-state index contributed by atoms with van der Waals surface area (Å²) in [6.45, 7) is 4.01. The highest BCUT2D eigenvalue weighted by molar-refractivity contribution is 7.99. The summed E-state index contributed by atoms with van der Waals surface area (Å²) in [5.74, 6) is 1.13. The Labute approximate surface area is 147 Å². The Hall–Kier alpha value is -2.19. The summed E-state index contributed by atoms with van der Waals surface area (Å²) in [5.41, 5.74) is 1.55. The highest BCUT2D eigenvalue weighted by Gasteiger charge is 2.13. The molecule has 0 saturated heterocycles. The van der Waals surface area contributed by atoms with Crippen molar-refractivity contribution in [2.75, 3.05) is 11.1 Å². The van der Waals surface area contributed by atoms with Crippen molar-refractivity contribution in [1.82, 2.24) is 15.2 Å². The molecule has 0 unspecified atom stereocenters. The van der Waals surface area contributed by atoms with Crippen LogP contribution in [-0.2, 0) is 11.2 Å². The number of rotatable bonds is 6. The van der Waals surface area contributed by atoms with Crippen LogP contribution in [0.4, 0.5) is 6.01 Å². The average Bonchev–Trinajstić information content (AvgIpc) is 3.18. The van der Waals surface area contributed by atoms with Gasteiger partial charge in [-0.15, -0.1) is 28.2 Å². The van der Waals surface area contributed by atoms with Crippen LogP contribution in [0.5, 0.6) is 0 Å². The number of nitrogens with zero attached hydrogens (tertiary/aromatic N) is 3. The van der Waals surface area contributed by atoms with Crippen LogP contribution in [0, 0.1) is 6.92 Å². The van der Waals surface area contributed by atoms with Crippen LogP contribution in [0.3, 0.4) is 0 Å². The lowest BCUT2D eigenvalue weighted by Crippen LogP contribution is -2.14. The van der Waals surface area contributed by atoms with Gasteiger partial charge in [-0.1, -0.05) is 24.2 Å². The number of thioether (sulfide) groups is 1. The molecule has 0 atom stereocenters. The summed E-state index contributed by atoms with van der Waals surface area (Å²) in [4.78, 5) is 17.6. The minimum atomic E-state index is -0.199. The second kappa shape index (κ2) is 7.59. The standard InChI is InChI=1S/C16H16N4O2S2/c1-3-23-12-6-4-11(5-7-12)8-14(21)18-16-20-19-15(22-16)13-9-24-10(2)17-13/h4-7,9H,3,8H2,1-2H3,(H,18,20,21). The van der Waals surface area contributed by atoms with Gasteiger partial charge < -0.3 is 4.42 Å². The molecule has 1 N–H and O–H groups in total. The molecule has 0 aliphatic rings. The third kappa shape index (κ3) is 4.21. The number of hydrogen-bond donors (Lipinski definition) is 1. The van der Waals surface area contributed by atoms with Crippen molar-refractivity contribution in [3.8, 4) is 11.6 Å². The third-order valence-electron chi connectivity index (χ3n) is 3.11. The number of aromatic nitrogens is 3. The lowest BCUT2D eigenvalue weighted by Gasteiger charge is -2.03. The van der Waals surface area contributed by atoms with Crippen molar-refractivity contribution in [3.05, 3.63) is 40.2 Å².